The molecule has 33 heavy (non-hydrogen) atoms. The third-order valence-electron chi connectivity index (χ3n) is 4.87. The molecule has 10 heteroatoms. The molecule has 0 radical (unpaired) electrons. The molecule has 2 aromatic carbocycles. The average Bonchev–Trinajstić information content (AvgIpc) is 3.52. The van der Waals surface area contributed by atoms with Gasteiger partial charge in [0.05, 0.1) is 4.70 Å². The SMILES string of the molecule is CC(OC(=O)c1cc2sc(Nc3ccccc3)nc2s1)C(=O)NCc1ccc2c(c1)OCO2. The number of ether oxygens (including phenoxy) is 3. The van der Waals surface area contributed by atoms with Crippen molar-refractivity contribution in [2.75, 3.05) is 12.1 Å². The summed E-state index contributed by atoms with van der Waals surface area (Å²) < 4.78 is 16.9. The van der Waals surface area contributed by atoms with Crippen LogP contribution in [0.15, 0.2) is 54.6 Å². The highest BCUT2D eigenvalue weighted by molar-refractivity contribution is 7.29. The third-order valence-corrected chi connectivity index (χ3v) is 6.93. The molecule has 1 unspecified atom stereocenters. The van der Waals surface area contributed by atoms with E-state index >= 15 is 0 Å². The number of amides is 1. The van der Waals surface area contributed by atoms with Crippen molar-refractivity contribution in [3.05, 3.63) is 65.0 Å². The molecular weight excluding hydrogens is 462 g/mol. The summed E-state index contributed by atoms with van der Waals surface area (Å²) in [4.78, 5) is 30.6. The van der Waals surface area contributed by atoms with Crippen LogP contribution < -0.4 is 20.1 Å². The van der Waals surface area contributed by atoms with Crippen molar-refractivity contribution >= 4 is 54.9 Å². The van der Waals surface area contributed by atoms with Crippen LogP contribution >= 0.6 is 22.7 Å². The van der Waals surface area contributed by atoms with Gasteiger partial charge >= 0.3 is 5.97 Å². The normalized spacial score (nSPS) is 13.0. The van der Waals surface area contributed by atoms with Crippen molar-refractivity contribution in [3.8, 4) is 11.5 Å². The van der Waals surface area contributed by atoms with E-state index in [0.717, 1.165) is 25.9 Å². The van der Waals surface area contributed by atoms with Gasteiger partial charge in [-0.2, -0.15) is 0 Å². The number of hydrogen-bond donors (Lipinski definition) is 2. The lowest BCUT2D eigenvalue weighted by Crippen LogP contribution is -2.35. The predicted octanol–water partition coefficient (Wildman–Crippen LogP) is 4.69. The van der Waals surface area contributed by atoms with Crippen molar-refractivity contribution < 1.29 is 23.8 Å². The Kier molecular flexibility index (Phi) is 5.84. The maximum Gasteiger partial charge on any atom is 0.349 e. The van der Waals surface area contributed by atoms with E-state index in [9.17, 15) is 9.59 Å². The zero-order valence-corrected chi connectivity index (χ0v) is 19.1. The summed E-state index contributed by atoms with van der Waals surface area (Å²) in [6.07, 6.45) is -0.935. The molecule has 0 fully saturated rings. The average molecular weight is 482 g/mol. The van der Waals surface area contributed by atoms with Gasteiger partial charge in [0, 0.05) is 12.2 Å². The Balaban J connectivity index is 1.16. The van der Waals surface area contributed by atoms with E-state index in [0.29, 0.717) is 16.4 Å². The summed E-state index contributed by atoms with van der Waals surface area (Å²) in [5.41, 5.74) is 1.80. The second kappa shape index (κ2) is 9.08. The van der Waals surface area contributed by atoms with Crippen LogP contribution in [0.3, 0.4) is 0 Å². The summed E-state index contributed by atoms with van der Waals surface area (Å²) >= 11 is 2.69. The van der Waals surface area contributed by atoms with Gasteiger partial charge in [-0.05, 0) is 42.8 Å². The highest BCUT2D eigenvalue weighted by Crippen LogP contribution is 2.35. The highest BCUT2D eigenvalue weighted by Gasteiger charge is 2.22. The Labute approximate surface area is 197 Å². The Hall–Kier alpha value is -3.63. The summed E-state index contributed by atoms with van der Waals surface area (Å²) in [5.74, 6) is 0.399. The van der Waals surface area contributed by atoms with Crippen LogP contribution in [0.5, 0.6) is 11.5 Å². The van der Waals surface area contributed by atoms with Gasteiger partial charge in [0.25, 0.3) is 5.91 Å². The number of hydrogen-bond acceptors (Lipinski definition) is 9. The molecule has 5 rings (SSSR count). The first-order chi connectivity index (χ1) is 16.0. The van der Waals surface area contributed by atoms with Crippen LogP contribution in [0.25, 0.3) is 9.53 Å². The molecule has 1 aliphatic rings. The number of thiazole rings is 1. The van der Waals surface area contributed by atoms with Gasteiger partial charge in [0.15, 0.2) is 22.7 Å². The number of carbonyl (C=O) groups is 2. The summed E-state index contributed by atoms with van der Waals surface area (Å²) in [6, 6.07) is 16.9. The highest BCUT2D eigenvalue weighted by atomic mass is 32.1. The number of carbonyl (C=O) groups excluding carboxylic acids is 2. The Morgan fingerprint density at radius 2 is 1.91 bits per heavy atom. The number of aromatic nitrogens is 1. The molecule has 8 nitrogen and oxygen atoms in total. The fourth-order valence-corrected chi connectivity index (χ4v) is 5.21. The van der Waals surface area contributed by atoms with Crippen molar-refractivity contribution in [1.82, 2.24) is 10.3 Å². The largest absolute Gasteiger partial charge is 0.454 e. The smallest absolute Gasteiger partial charge is 0.349 e. The quantitative estimate of drug-likeness (QED) is 0.370. The van der Waals surface area contributed by atoms with Crippen molar-refractivity contribution in [2.45, 2.75) is 19.6 Å². The number of rotatable bonds is 7. The molecule has 0 saturated carbocycles. The Morgan fingerprint density at radius 3 is 2.73 bits per heavy atom. The number of thiophene rings is 1. The fourth-order valence-electron chi connectivity index (χ4n) is 3.19. The molecule has 168 valence electrons. The number of nitrogens with zero attached hydrogens (tertiary/aromatic N) is 1. The second-order valence-electron chi connectivity index (χ2n) is 7.24. The minimum atomic E-state index is -0.935. The lowest BCUT2D eigenvalue weighted by atomic mass is 10.2. The van der Waals surface area contributed by atoms with E-state index < -0.39 is 12.1 Å². The summed E-state index contributed by atoms with van der Waals surface area (Å²) in [6.45, 7) is 2.02. The number of benzene rings is 2. The number of nitrogens with one attached hydrogen (secondary N) is 2. The van der Waals surface area contributed by atoms with E-state index in [4.69, 9.17) is 14.2 Å². The van der Waals surface area contributed by atoms with Gasteiger partial charge in [-0.25, -0.2) is 9.78 Å². The van der Waals surface area contributed by atoms with Gasteiger partial charge in [0.1, 0.15) is 9.71 Å². The molecule has 4 aromatic rings. The molecule has 0 bridgehead atoms. The molecule has 1 atom stereocenters. The molecule has 1 aliphatic heterocycles. The molecule has 3 heterocycles. The number of fused-ring (bicyclic) bond motifs is 2. The van der Waals surface area contributed by atoms with Crippen molar-refractivity contribution in [2.24, 2.45) is 0 Å². The van der Waals surface area contributed by atoms with Gasteiger partial charge < -0.3 is 24.8 Å². The van der Waals surface area contributed by atoms with Crippen molar-refractivity contribution in [3.63, 3.8) is 0 Å². The van der Waals surface area contributed by atoms with Crippen LogP contribution in [-0.2, 0) is 16.1 Å². The lowest BCUT2D eigenvalue weighted by Gasteiger charge is -2.13. The zero-order valence-electron chi connectivity index (χ0n) is 17.5. The van der Waals surface area contributed by atoms with E-state index in [1.807, 2.05) is 42.5 Å². The number of esters is 1. The number of anilines is 2. The van der Waals surface area contributed by atoms with Crippen LogP contribution in [0.1, 0.15) is 22.2 Å². The maximum absolute atomic E-state index is 12.5. The summed E-state index contributed by atoms with van der Waals surface area (Å²) in [5, 5.41) is 6.77. The first kappa shape index (κ1) is 21.2. The predicted molar refractivity (Wildman–Crippen MR) is 127 cm³/mol. The maximum atomic E-state index is 12.5. The Bertz CT molecular complexity index is 1290. The molecule has 0 saturated heterocycles. The minimum absolute atomic E-state index is 0.193. The van der Waals surface area contributed by atoms with E-state index in [2.05, 4.69) is 15.6 Å². The molecule has 0 spiro atoms. The lowest BCUT2D eigenvalue weighted by molar-refractivity contribution is -0.129. The van der Waals surface area contributed by atoms with Crippen LogP contribution in [0.2, 0.25) is 0 Å². The van der Waals surface area contributed by atoms with E-state index in [1.165, 1.54) is 22.7 Å². The topological polar surface area (TPSA) is 98.8 Å². The molecular formula is C23H19N3O5S2. The first-order valence-electron chi connectivity index (χ1n) is 10.1. The third kappa shape index (κ3) is 4.76. The Morgan fingerprint density at radius 1 is 1.09 bits per heavy atom. The molecule has 2 N–H and O–H groups in total. The number of para-hydroxylation sites is 1. The zero-order chi connectivity index (χ0) is 22.8. The van der Waals surface area contributed by atoms with Gasteiger partial charge in [-0.15, -0.1) is 11.3 Å². The molecule has 2 aromatic heterocycles. The molecule has 1 amide bonds. The monoisotopic (exact) mass is 481 g/mol. The fraction of sp³-hybridized carbons (Fsp3) is 0.174. The van der Waals surface area contributed by atoms with Gasteiger partial charge in [-0.1, -0.05) is 35.6 Å². The van der Waals surface area contributed by atoms with Crippen LogP contribution in [0.4, 0.5) is 10.8 Å². The summed E-state index contributed by atoms with van der Waals surface area (Å²) in [7, 11) is 0. The van der Waals surface area contributed by atoms with Gasteiger partial charge in [0.2, 0.25) is 6.79 Å². The molecule has 0 aliphatic carbocycles. The van der Waals surface area contributed by atoms with Crippen LogP contribution in [0, 0.1) is 0 Å². The minimum Gasteiger partial charge on any atom is -0.454 e. The van der Waals surface area contributed by atoms with E-state index in [1.54, 1.807) is 19.1 Å². The van der Waals surface area contributed by atoms with Crippen LogP contribution in [-0.4, -0.2) is 29.8 Å². The standard InChI is InChI=1S/C23H19N3O5S2/c1-13(20(27)24-11-14-7-8-16-17(9-14)30-12-29-16)31-22(28)19-10-18-21(32-19)26-23(33-18)25-15-5-3-2-4-6-15/h2-10,13H,11-12H2,1H3,(H,24,27)(H,25,26). The van der Waals surface area contributed by atoms with Gasteiger partial charge in [-0.3, -0.25) is 4.79 Å². The second-order valence-corrected chi connectivity index (χ2v) is 9.30. The van der Waals surface area contributed by atoms with Crippen molar-refractivity contribution in [1.29, 1.82) is 0 Å². The van der Waals surface area contributed by atoms with E-state index in [-0.39, 0.29) is 19.2 Å². The first-order valence-corrected chi connectivity index (χ1v) is 11.8.